The average Bonchev–Trinajstić information content (AvgIpc) is 3.44. The van der Waals surface area contributed by atoms with Gasteiger partial charge in [-0.3, -0.25) is 20.2 Å². The summed E-state index contributed by atoms with van der Waals surface area (Å²) in [7, 11) is 0. The summed E-state index contributed by atoms with van der Waals surface area (Å²) >= 11 is 1.34. The molecule has 2 aromatic heterocycles. The van der Waals surface area contributed by atoms with Crippen molar-refractivity contribution < 1.29 is 18.5 Å². The second-order valence-corrected chi connectivity index (χ2v) is 7.88. The monoisotopic (exact) mass is 449 g/mol. The fraction of sp³-hybridized carbons (Fsp3) is 0.0435. The summed E-state index contributed by atoms with van der Waals surface area (Å²) in [6.07, 6.45) is 5.09. The van der Waals surface area contributed by atoms with Gasteiger partial charge in [-0.1, -0.05) is 24.3 Å². The summed E-state index contributed by atoms with van der Waals surface area (Å²) in [6.45, 7) is 0. The maximum atomic E-state index is 13.0. The van der Waals surface area contributed by atoms with Gasteiger partial charge in [0.1, 0.15) is 17.3 Å². The molecule has 0 radical (unpaired) electrons. The van der Waals surface area contributed by atoms with Crippen molar-refractivity contribution in [2.24, 2.45) is 0 Å². The summed E-state index contributed by atoms with van der Waals surface area (Å²) in [4.78, 5) is 27.8. The van der Waals surface area contributed by atoms with E-state index in [1.807, 2.05) is 0 Å². The van der Waals surface area contributed by atoms with Crippen LogP contribution in [0.2, 0.25) is 0 Å². The number of thiazole rings is 1. The van der Waals surface area contributed by atoms with Crippen LogP contribution in [0.3, 0.4) is 0 Å². The average molecular weight is 449 g/mol. The fourth-order valence-electron chi connectivity index (χ4n) is 2.93. The molecule has 1 N–H and O–H groups in total. The molecule has 0 aliphatic carbocycles. The van der Waals surface area contributed by atoms with Crippen molar-refractivity contribution in [3.05, 3.63) is 105 Å². The third kappa shape index (κ3) is 5.32. The number of carbonyl (C=O) groups excluding carboxylic acids is 1. The van der Waals surface area contributed by atoms with Crippen LogP contribution in [0.25, 0.3) is 17.4 Å². The van der Waals surface area contributed by atoms with Gasteiger partial charge < -0.3 is 4.42 Å². The first-order chi connectivity index (χ1) is 15.5. The standard InChI is InChI=1S/C23H16FN3O4S/c24-17-6-4-15(5-7-17)12-20-14-25-23(32-20)26-22(28)11-9-19-8-10-21(31-19)16-2-1-3-18(13-16)27(29)30/h1-11,13-14H,12H2,(H,25,26,28)/b11-9+. The van der Waals surface area contributed by atoms with E-state index in [2.05, 4.69) is 10.3 Å². The second-order valence-electron chi connectivity index (χ2n) is 6.77. The third-order valence-electron chi connectivity index (χ3n) is 4.44. The summed E-state index contributed by atoms with van der Waals surface area (Å²) in [5, 5.41) is 14.1. The maximum Gasteiger partial charge on any atom is 0.270 e. The summed E-state index contributed by atoms with van der Waals surface area (Å²) < 4.78 is 18.7. The number of hydrogen-bond donors (Lipinski definition) is 1. The number of hydrogen-bond acceptors (Lipinski definition) is 6. The molecule has 1 amide bonds. The number of benzene rings is 2. The number of halogens is 1. The summed E-state index contributed by atoms with van der Waals surface area (Å²) in [5.74, 6) is 0.226. The molecule has 0 atom stereocenters. The number of rotatable bonds is 7. The van der Waals surface area contributed by atoms with Gasteiger partial charge in [-0.2, -0.15) is 0 Å². The van der Waals surface area contributed by atoms with E-state index in [-0.39, 0.29) is 17.4 Å². The van der Waals surface area contributed by atoms with E-state index in [1.165, 1.54) is 47.8 Å². The van der Waals surface area contributed by atoms with Gasteiger partial charge in [-0.05, 0) is 35.9 Å². The van der Waals surface area contributed by atoms with Crippen LogP contribution in [-0.4, -0.2) is 15.8 Å². The van der Waals surface area contributed by atoms with Crippen molar-refractivity contribution >= 4 is 34.1 Å². The SMILES string of the molecule is O=C(/C=C/c1ccc(-c2cccc([N+](=O)[O-])c2)o1)Nc1ncc(Cc2ccc(F)cc2)s1. The molecule has 9 heteroatoms. The van der Waals surface area contributed by atoms with Crippen LogP contribution in [0.15, 0.2) is 77.4 Å². The first-order valence-corrected chi connectivity index (χ1v) is 10.3. The summed E-state index contributed by atoms with van der Waals surface area (Å²) in [5.41, 5.74) is 1.49. The molecule has 0 aliphatic rings. The molecule has 0 fully saturated rings. The number of nitrogens with zero attached hydrogens (tertiary/aromatic N) is 2. The zero-order valence-corrected chi connectivity index (χ0v) is 17.3. The largest absolute Gasteiger partial charge is 0.457 e. The lowest BCUT2D eigenvalue weighted by Gasteiger charge is -1.98. The summed E-state index contributed by atoms with van der Waals surface area (Å²) in [6, 6.07) is 15.7. The first kappa shape index (κ1) is 21.1. The van der Waals surface area contributed by atoms with Gasteiger partial charge >= 0.3 is 0 Å². The number of amides is 1. The molecule has 7 nitrogen and oxygen atoms in total. The predicted octanol–water partition coefficient (Wildman–Crippen LogP) is 5.69. The van der Waals surface area contributed by atoms with Crippen LogP contribution in [0.5, 0.6) is 0 Å². The quantitative estimate of drug-likeness (QED) is 0.222. The number of nitrogens with one attached hydrogen (secondary N) is 1. The molecule has 160 valence electrons. The highest BCUT2D eigenvalue weighted by atomic mass is 32.1. The molecule has 4 rings (SSSR count). The molecule has 0 spiro atoms. The Morgan fingerprint density at radius 1 is 1.19 bits per heavy atom. The highest BCUT2D eigenvalue weighted by molar-refractivity contribution is 7.15. The minimum atomic E-state index is -0.471. The minimum absolute atomic E-state index is 0.0300. The lowest BCUT2D eigenvalue weighted by molar-refractivity contribution is -0.384. The van der Waals surface area contributed by atoms with Crippen molar-refractivity contribution in [3.63, 3.8) is 0 Å². The molecule has 4 aromatic rings. The Bertz CT molecular complexity index is 1290. The molecule has 2 heterocycles. The van der Waals surface area contributed by atoms with E-state index in [1.54, 1.807) is 42.6 Å². The van der Waals surface area contributed by atoms with E-state index < -0.39 is 4.92 Å². The Hall–Kier alpha value is -4.11. The second kappa shape index (κ2) is 9.36. The Morgan fingerprint density at radius 2 is 2.00 bits per heavy atom. The van der Waals surface area contributed by atoms with Crippen LogP contribution in [0.4, 0.5) is 15.2 Å². The first-order valence-electron chi connectivity index (χ1n) is 9.49. The maximum absolute atomic E-state index is 13.0. The van der Waals surface area contributed by atoms with Crippen molar-refractivity contribution in [2.75, 3.05) is 5.32 Å². The number of aromatic nitrogens is 1. The molecular formula is C23H16FN3O4S. The number of nitro groups is 1. The van der Waals surface area contributed by atoms with Crippen molar-refractivity contribution in [1.29, 1.82) is 0 Å². The highest BCUT2D eigenvalue weighted by Gasteiger charge is 2.10. The van der Waals surface area contributed by atoms with Crippen molar-refractivity contribution in [2.45, 2.75) is 6.42 Å². The number of non-ortho nitro benzene ring substituents is 1. The number of nitro benzene ring substituents is 1. The molecule has 0 saturated carbocycles. The van der Waals surface area contributed by atoms with Gasteiger partial charge in [0.2, 0.25) is 5.91 Å². The molecule has 0 aliphatic heterocycles. The Kier molecular flexibility index (Phi) is 6.18. The zero-order valence-electron chi connectivity index (χ0n) is 16.5. The van der Waals surface area contributed by atoms with E-state index >= 15 is 0 Å². The molecule has 0 unspecified atom stereocenters. The number of carbonyl (C=O) groups is 1. The fourth-order valence-corrected chi connectivity index (χ4v) is 3.78. The van der Waals surface area contributed by atoms with Crippen LogP contribution < -0.4 is 5.32 Å². The topological polar surface area (TPSA) is 98.3 Å². The van der Waals surface area contributed by atoms with E-state index in [4.69, 9.17) is 4.42 Å². The van der Waals surface area contributed by atoms with Crippen LogP contribution in [-0.2, 0) is 11.2 Å². The van der Waals surface area contributed by atoms with Crippen LogP contribution >= 0.6 is 11.3 Å². The van der Waals surface area contributed by atoms with Gasteiger partial charge in [-0.25, -0.2) is 9.37 Å². The van der Waals surface area contributed by atoms with Crippen molar-refractivity contribution in [3.8, 4) is 11.3 Å². The smallest absolute Gasteiger partial charge is 0.270 e. The van der Waals surface area contributed by atoms with E-state index in [0.29, 0.717) is 28.6 Å². The van der Waals surface area contributed by atoms with Gasteiger partial charge in [0.15, 0.2) is 5.13 Å². The van der Waals surface area contributed by atoms with Gasteiger partial charge in [0.05, 0.1) is 4.92 Å². The molecule has 2 aromatic carbocycles. The molecular weight excluding hydrogens is 433 g/mol. The minimum Gasteiger partial charge on any atom is -0.457 e. The van der Waals surface area contributed by atoms with Gasteiger partial charge in [-0.15, -0.1) is 11.3 Å². The van der Waals surface area contributed by atoms with Gasteiger partial charge in [0.25, 0.3) is 5.69 Å². The lowest BCUT2D eigenvalue weighted by Crippen LogP contribution is -2.06. The number of anilines is 1. The molecule has 32 heavy (non-hydrogen) atoms. The predicted molar refractivity (Wildman–Crippen MR) is 120 cm³/mol. The lowest BCUT2D eigenvalue weighted by atomic mass is 10.1. The Morgan fingerprint density at radius 3 is 2.78 bits per heavy atom. The normalized spacial score (nSPS) is 11.0. The Labute approximate surface area is 186 Å². The molecule has 0 saturated heterocycles. The van der Waals surface area contributed by atoms with Crippen LogP contribution in [0, 0.1) is 15.9 Å². The number of furan rings is 1. The molecule has 0 bridgehead atoms. The van der Waals surface area contributed by atoms with E-state index in [0.717, 1.165) is 10.4 Å². The third-order valence-corrected chi connectivity index (χ3v) is 5.36. The zero-order chi connectivity index (χ0) is 22.5. The highest BCUT2D eigenvalue weighted by Crippen LogP contribution is 2.26. The Balaban J connectivity index is 1.36. The van der Waals surface area contributed by atoms with Gasteiger partial charge in [0, 0.05) is 41.3 Å². The van der Waals surface area contributed by atoms with E-state index in [9.17, 15) is 19.3 Å². The van der Waals surface area contributed by atoms with Crippen LogP contribution in [0.1, 0.15) is 16.2 Å². The van der Waals surface area contributed by atoms with Crippen molar-refractivity contribution in [1.82, 2.24) is 4.98 Å².